The number of nitrogens with one attached hydrogen (secondary N) is 2. The molecule has 31 heavy (non-hydrogen) atoms. The first-order valence-corrected chi connectivity index (χ1v) is 12.6. The minimum absolute atomic E-state index is 0.125. The van der Waals surface area contributed by atoms with Gasteiger partial charge >= 0.3 is 0 Å². The van der Waals surface area contributed by atoms with E-state index >= 15 is 0 Å². The van der Waals surface area contributed by atoms with Gasteiger partial charge in [0.15, 0.2) is 11.2 Å². The Morgan fingerprint density at radius 2 is 2.13 bits per heavy atom. The number of nitrogens with zero attached hydrogens (tertiary/aromatic N) is 2. The summed E-state index contributed by atoms with van der Waals surface area (Å²) in [7, 11) is 0. The molecule has 3 rings (SSSR count). The molecule has 2 unspecified atom stereocenters. The second kappa shape index (κ2) is 14.6. The summed E-state index contributed by atoms with van der Waals surface area (Å²) in [5.74, 6) is -0.417. The van der Waals surface area contributed by atoms with Crippen LogP contribution >= 0.6 is 22.9 Å². The molecule has 1 aromatic heterocycles. The molecule has 0 bridgehead atoms. The first kappa shape index (κ1) is 25.8. The summed E-state index contributed by atoms with van der Waals surface area (Å²) in [6.45, 7) is 4.11. The third-order valence-corrected chi connectivity index (χ3v) is 6.93. The third-order valence-electron chi connectivity index (χ3n) is 4.79. The van der Waals surface area contributed by atoms with Crippen LogP contribution in [0.15, 0.2) is 29.8 Å². The summed E-state index contributed by atoms with van der Waals surface area (Å²) >= 11 is 6.06. The van der Waals surface area contributed by atoms with Crippen LogP contribution in [0.25, 0.3) is 0 Å². The van der Waals surface area contributed by atoms with E-state index in [2.05, 4.69) is 25.1 Å². The molecule has 0 radical (unpaired) electrons. The summed E-state index contributed by atoms with van der Waals surface area (Å²) in [5, 5.41) is 2.92. The highest BCUT2D eigenvalue weighted by atomic mass is 35.5. The smallest absolute Gasteiger partial charge is 0.204 e. The zero-order chi connectivity index (χ0) is 22.5. The van der Waals surface area contributed by atoms with Crippen molar-refractivity contribution in [2.24, 2.45) is 5.73 Å². The maximum atomic E-state index is 13.3. The van der Waals surface area contributed by atoms with Crippen molar-refractivity contribution in [3.05, 3.63) is 51.2 Å². The van der Waals surface area contributed by atoms with Gasteiger partial charge in [-0.2, -0.15) is 0 Å². The number of rotatable bonds is 11. The minimum Gasteiger partial charge on any atom is -0.372 e. The fourth-order valence-corrected chi connectivity index (χ4v) is 5.19. The van der Waals surface area contributed by atoms with Crippen molar-refractivity contribution < 1.29 is 13.4 Å². The highest BCUT2D eigenvalue weighted by Gasteiger charge is 2.17. The van der Waals surface area contributed by atoms with Crippen molar-refractivity contribution in [3.63, 3.8) is 0 Å². The zero-order valence-corrected chi connectivity index (χ0v) is 19.7. The van der Waals surface area contributed by atoms with Crippen LogP contribution in [0.5, 0.6) is 0 Å². The SMILES string of the molecule is NC=O.O=S(NCCCN1CCCC1)NC(CCc1ccc(F)c(Cl)c1)c1nccs1. The highest BCUT2D eigenvalue weighted by Crippen LogP contribution is 2.23. The van der Waals surface area contributed by atoms with Crippen LogP contribution in [0, 0.1) is 5.82 Å². The van der Waals surface area contributed by atoms with Gasteiger partial charge in [-0.05, 0) is 69.4 Å². The van der Waals surface area contributed by atoms with Gasteiger partial charge in [0.2, 0.25) is 6.41 Å². The number of primary amides is 1. The van der Waals surface area contributed by atoms with Crippen molar-refractivity contribution in [2.75, 3.05) is 26.2 Å². The first-order valence-electron chi connectivity index (χ1n) is 10.2. The number of likely N-dealkylation sites (tertiary alicyclic amines) is 1. The Morgan fingerprint density at radius 3 is 2.77 bits per heavy atom. The van der Waals surface area contributed by atoms with Crippen LogP contribution in [-0.2, 0) is 22.4 Å². The lowest BCUT2D eigenvalue weighted by atomic mass is 10.1. The molecule has 1 aliphatic rings. The zero-order valence-electron chi connectivity index (χ0n) is 17.3. The van der Waals surface area contributed by atoms with Gasteiger partial charge in [-0.15, -0.1) is 11.3 Å². The molecule has 2 heterocycles. The third kappa shape index (κ3) is 9.71. The van der Waals surface area contributed by atoms with E-state index in [0.29, 0.717) is 19.4 Å². The van der Waals surface area contributed by atoms with Gasteiger partial charge < -0.3 is 10.6 Å². The number of nitrogens with two attached hydrogens (primary N) is 1. The van der Waals surface area contributed by atoms with E-state index in [-0.39, 0.29) is 17.5 Å². The molecule has 0 aliphatic carbocycles. The second-order valence-electron chi connectivity index (χ2n) is 7.03. The lowest BCUT2D eigenvalue weighted by Gasteiger charge is -2.17. The Kier molecular flexibility index (Phi) is 12.2. The molecule has 2 atom stereocenters. The number of aromatic nitrogens is 1. The van der Waals surface area contributed by atoms with Crippen molar-refractivity contribution >= 4 is 40.5 Å². The number of benzene rings is 1. The van der Waals surface area contributed by atoms with Crippen molar-refractivity contribution in [1.29, 1.82) is 0 Å². The van der Waals surface area contributed by atoms with Crippen LogP contribution < -0.4 is 15.2 Å². The van der Waals surface area contributed by atoms with Gasteiger partial charge in [0, 0.05) is 18.1 Å². The highest BCUT2D eigenvalue weighted by molar-refractivity contribution is 7.81. The molecule has 172 valence electrons. The van der Waals surface area contributed by atoms with E-state index in [1.54, 1.807) is 18.3 Å². The van der Waals surface area contributed by atoms with Crippen LogP contribution in [0.3, 0.4) is 0 Å². The molecule has 1 fully saturated rings. The summed E-state index contributed by atoms with van der Waals surface area (Å²) in [6.07, 6.45) is 6.92. The normalized spacial score (nSPS) is 15.8. The Hall–Kier alpha value is -1.43. The number of amides is 1. The number of hydrogen-bond acceptors (Lipinski definition) is 5. The van der Waals surface area contributed by atoms with Crippen LogP contribution in [0.2, 0.25) is 5.02 Å². The monoisotopic (exact) mass is 489 g/mol. The molecule has 7 nitrogen and oxygen atoms in total. The largest absolute Gasteiger partial charge is 0.372 e. The van der Waals surface area contributed by atoms with Gasteiger partial charge in [-0.3, -0.25) is 4.79 Å². The number of thiazole rings is 1. The van der Waals surface area contributed by atoms with Gasteiger partial charge in [0.25, 0.3) is 0 Å². The Labute approximate surface area is 194 Å². The quantitative estimate of drug-likeness (QED) is 0.333. The van der Waals surface area contributed by atoms with Gasteiger partial charge in [0.1, 0.15) is 10.8 Å². The lowest BCUT2D eigenvalue weighted by molar-refractivity contribution is -0.106. The number of carbonyl (C=O) groups excluding carboxylic acids is 1. The maximum absolute atomic E-state index is 13.3. The lowest BCUT2D eigenvalue weighted by Crippen LogP contribution is -2.35. The molecular formula is C20H29ClFN5O2S2. The van der Waals surface area contributed by atoms with Crippen LogP contribution in [-0.4, -0.2) is 46.7 Å². The van der Waals surface area contributed by atoms with E-state index in [1.807, 2.05) is 5.38 Å². The number of carbonyl (C=O) groups is 1. The van der Waals surface area contributed by atoms with Crippen LogP contribution in [0.1, 0.15) is 42.3 Å². The molecule has 1 aliphatic heterocycles. The molecule has 1 saturated heterocycles. The van der Waals surface area contributed by atoms with E-state index in [0.717, 1.165) is 23.5 Å². The molecule has 1 amide bonds. The molecule has 0 saturated carbocycles. The van der Waals surface area contributed by atoms with Gasteiger partial charge in [-0.25, -0.2) is 23.0 Å². The van der Waals surface area contributed by atoms with Crippen molar-refractivity contribution in [2.45, 2.75) is 38.1 Å². The fourth-order valence-electron chi connectivity index (χ4n) is 3.29. The minimum atomic E-state index is -1.34. The van der Waals surface area contributed by atoms with E-state index in [9.17, 15) is 8.60 Å². The molecule has 1 aromatic carbocycles. The number of halogens is 2. The van der Waals surface area contributed by atoms with Gasteiger partial charge in [-0.1, -0.05) is 17.7 Å². The molecule has 2 aromatic rings. The van der Waals surface area contributed by atoms with Crippen LogP contribution in [0.4, 0.5) is 4.39 Å². The predicted octanol–water partition coefficient (Wildman–Crippen LogP) is 2.95. The summed E-state index contributed by atoms with van der Waals surface area (Å²) in [5.41, 5.74) is 5.11. The van der Waals surface area contributed by atoms with Crippen molar-refractivity contribution in [1.82, 2.24) is 19.3 Å². The Morgan fingerprint density at radius 1 is 1.39 bits per heavy atom. The standard InChI is InChI=1S/C19H26ClFN4OS2.CH3NO/c20-16-14-15(4-6-17(16)21)5-7-18(19-22-9-13-27-19)24-28(26)23-8-3-12-25-10-1-2-11-25;2-1-3/h4,6,9,13-14,18,23-24H,1-3,5,7-8,10-12H2;1H,(H2,2,3). The predicted molar refractivity (Wildman–Crippen MR) is 124 cm³/mol. The molecule has 4 N–H and O–H groups in total. The summed E-state index contributed by atoms with van der Waals surface area (Å²) in [4.78, 5) is 15.4. The topological polar surface area (TPSA) is 100 Å². The molecular weight excluding hydrogens is 461 g/mol. The average molecular weight is 490 g/mol. The van der Waals surface area contributed by atoms with E-state index < -0.39 is 17.0 Å². The number of aryl methyl sites for hydroxylation is 1. The van der Waals surface area contributed by atoms with Crippen molar-refractivity contribution in [3.8, 4) is 0 Å². The fraction of sp³-hybridized carbons (Fsp3) is 0.500. The van der Waals surface area contributed by atoms with Gasteiger partial charge in [0.05, 0.1) is 11.1 Å². The van der Waals surface area contributed by atoms with E-state index in [1.165, 1.54) is 43.3 Å². The molecule has 11 heteroatoms. The second-order valence-corrected chi connectivity index (χ2v) is 9.42. The number of hydrogen-bond donors (Lipinski definition) is 3. The average Bonchev–Trinajstić information content (AvgIpc) is 3.46. The van der Waals surface area contributed by atoms with E-state index in [4.69, 9.17) is 16.4 Å². The summed E-state index contributed by atoms with van der Waals surface area (Å²) in [6, 6.07) is 4.61. The Balaban J connectivity index is 0.00000107. The first-order chi connectivity index (χ1) is 15.0. The Bertz CT molecular complexity index is 807. The molecule has 0 spiro atoms. The maximum Gasteiger partial charge on any atom is 0.204 e. The summed E-state index contributed by atoms with van der Waals surface area (Å²) < 4.78 is 32.0.